The number of thiophene rings is 1. The van der Waals surface area contributed by atoms with Gasteiger partial charge in [0.1, 0.15) is 10.7 Å². The van der Waals surface area contributed by atoms with Crippen LogP contribution in [0.2, 0.25) is 0 Å². The molecule has 6 heteroatoms. The number of halogens is 1. The van der Waals surface area contributed by atoms with Crippen LogP contribution in [-0.2, 0) is 28.9 Å². The molecule has 1 heterocycles. The van der Waals surface area contributed by atoms with Crippen molar-refractivity contribution in [1.82, 2.24) is 5.32 Å². The maximum absolute atomic E-state index is 12.8. The fraction of sp³-hybridized carbons (Fsp3) is 0.368. The monoisotopic (exact) mass is 361 g/mol. The minimum Gasteiger partial charge on any atom is -0.451 e. The first kappa shape index (κ1) is 17.6. The first-order valence-electron chi connectivity index (χ1n) is 8.31. The van der Waals surface area contributed by atoms with E-state index in [0.29, 0.717) is 10.8 Å². The topological polar surface area (TPSA) is 55.4 Å². The van der Waals surface area contributed by atoms with E-state index in [1.807, 2.05) is 6.07 Å². The standard InChI is InChI=1S/C19H20FNO3S/c1-12-2-7-16-14(8-12)9-17(25-16)19(23)24-11-18(22)21-10-13-3-5-15(20)6-4-13/h3-6,9,12H,2,7-8,10-11H2,1H3,(H,21,22)/t12-/m1/s1. The summed E-state index contributed by atoms with van der Waals surface area (Å²) in [6.45, 7) is 2.16. The third kappa shape index (κ3) is 4.66. The van der Waals surface area contributed by atoms with Gasteiger partial charge < -0.3 is 10.1 Å². The average molecular weight is 361 g/mol. The first-order valence-corrected chi connectivity index (χ1v) is 9.13. The van der Waals surface area contributed by atoms with Gasteiger partial charge in [0.15, 0.2) is 6.61 Å². The fourth-order valence-corrected chi connectivity index (χ4v) is 3.96. The Morgan fingerprint density at radius 3 is 2.84 bits per heavy atom. The van der Waals surface area contributed by atoms with Gasteiger partial charge in [0.05, 0.1) is 0 Å². The van der Waals surface area contributed by atoms with Gasteiger partial charge in [-0.3, -0.25) is 4.79 Å². The van der Waals surface area contributed by atoms with Crippen molar-refractivity contribution in [1.29, 1.82) is 0 Å². The van der Waals surface area contributed by atoms with Crippen molar-refractivity contribution < 1.29 is 18.7 Å². The molecule has 0 aliphatic heterocycles. The van der Waals surface area contributed by atoms with E-state index in [1.165, 1.54) is 33.9 Å². The molecule has 3 rings (SSSR count). The SMILES string of the molecule is C[C@@H]1CCc2sc(C(=O)OCC(=O)NCc3ccc(F)cc3)cc2C1. The predicted octanol–water partition coefficient (Wildman–Crippen LogP) is 3.49. The van der Waals surface area contributed by atoms with Gasteiger partial charge >= 0.3 is 5.97 Å². The van der Waals surface area contributed by atoms with E-state index in [0.717, 1.165) is 24.8 Å². The molecule has 1 aliphatic rings. The number of fused-ring (bicyclic) bond motifs is 1. The summed E-state index contributed by atoms with van der Waals surface area (Å²) in [6.07, 6.45) is 3.15. The number of benzene rings is 1. The number of carbonyl (C=O) groups excluding carboxylic acids is 2. The van der Waals surface area contributed by atoms with Crippen LogP contribution in [0.1, 0.15) is 39.0 Å². The van der Waals surface area contributed by atoms with E-state index in [2.05, 4.69) is 12.2 Å². The van der Waals surface area contributed by atoms with Gasteiger partial charge in [0, 0.05) is 11.4 Å². The number of rotatable bonds is 5. The zero-order valence-corrected chi connectivity index (χ0v) is 14.8. The van der Waals surface area contributed by atoms with E-state index in [-0.39, 0.29) is 24.9 Å². The third-order valence-electron chi connectivity index (χ3n) is 4.27. The summed E-state index contributed by atoms with van der Waals surface area (Å²) in [4.78, 5) is 25.7. The van der Waals surface area contributed by atoms with Crippen molar-refractivity contribution in [2.24, 2.45) is 5.92 Å². The van der Waals surface area contributed by atoms with Crippen LogP contribution in [0, 0.1) is 11.7 Å². The molecule has 0 bridgehead atoms. The maximum atomic E-state index is 12.8. The van der Waals surface area contributed by atoms with Gasteiger partial charge in [0.2, 0.25) is 0 Å². The highest BCUT2D eigenvalue weighted by molar-refractivity contribution is 7.14. The summed E-state index contributed by atoms with van der Waals surface area (Å²) in [5.74, 6) is -0.517. The van der Waals surface area contributed by atoms with Crippen molar-refractivity contribution >= 4 is 23.2 Å². The molecule has 0 radical (unpaired) electrons. The van der Waals surface area contributed by atoms with Gasteiger partial charge in [-0.1, -0.05) is 19.1 Å². The number of esters is 1. The average Bonchev–Trinajstić information content (AvgIpc) is 3.02. The maximum Gasteiger partial charge on any atom is 0.348 e. The summed E-state index contributed by atoms with van der Waals surface area (Å²) in [5, 5.41) is 2.64. The number of ether oxygens (including phenoxy) is 1. The van der Waals surface area contributed by atoms with Gasteiger partial charge in [-0.05, 0) is 54.5 Å². The molecular weight excluding hydrogens is 341 g/mol. The molecule has 1 aliphatic carbocycles. The smallest absolute Gasteiger partial charge is 0.348 e. The van der Waals surface area contributed by atoms with Crippen LogP contribution in [0.15, 0.2) is 30.3 Å². The second-order valence-corrected chi connectivity index (χ2v) is 7.52. The number of hydrogen-bond donors (Lipinski definition) is 1. The third-order valence-corrected chi connectivity index (χ3v) is 5.48. The highest BCUT2D eigenvalue weighted by Gasteiger charge is 2.21. The molecule has 0 saturated heterocycles. The van der Waals surface area contributed by atoms with Crippen LogP contribution < -0.4 is 5.32 Å². The summed E-state index contributed by atoms with van der Waals surface area (Å²) >= 11 is 1.47. The molecule has 0 saturated carbocycles. The molecule has 25 heavy (non-hydrogen) atoms. The Morgan fingerprint density at radius 2 is 2.08 bits per heavy atom. The molecule has 1 N–H and O–H groups in total. The van der Waals surface area contributed by atoms with Crippen LogP contribution in [-0.4, -0.2) is 18.5 Å². The molecule has 0 unspecified atom stereocenters. The lowest BCUT2D eigenvalue weighted by Crippen LogP contribution is -2.28. The largest absolute Gasteiger partial charge is 0.451 e. The second-order valence-electron chi connectivity index (χ2n) is 6.39. The quantitative estimate of drug-likeness (QED) is 0.830. The molecule has 2 aromatic rings. The van der Waals surface area contributed by atoms with Crippen LogP contribution >= 0.6 is 11.3 Å². The molecule has 0 fully saturated rings. The van der Waals surface area contributed by atoms with E-state index in [9.17, 15) is 14.0 Å². The van der Waals surface area contributed by atoms with Crippen LogP contribution in [0.25, 0.3) is 0 Å². The minimum atomic E-state index is -0.455. The minimum absolute atomic E-state index is 0.266. The van der Waals surface area contributed by atoms with Gasteiger partial charge in [-0.15, -0.1) is 11.3 Å². The summed E-state index contributed by atoms with van der Waals surface area (Å²) < 4.78 is 17.9. The highest BCUT2D eigenvalue weighted by atomic mass is 32.1. The van der Waals surface area contributed by atoms with Gasteiger partial charge in [-0.25, -0.2) is 9.18 Å². The number of amides is 1. The molecule has 1 amide bonds. The molecule has 4 nitrogen and oxygen atoms in total. The summed E-state index contributed by atoms with van der Waals surface area (Å²) in [6, 6.07) is 7.76. The Kier molecular flexibility index (Phi) is 5.48. The van der Waals surface area contributed by atoms with Gasteiger partial charge in [-0.2, -0.15) is 0 Å². The van der Waals surface area contributed by atoms with E-state index >= 15 is 0 Å². The normalized spacial score (nSPS) is 16.2. The van der Waals surface area contributed by atoms with Crippen molar-refractivity contribution in [3.63, 3.8) is 0 Å². The van der Waals surface area contributed by atoms with Gasteiger partial charge in [0.25, 0.3) is 5.91 Å². The van der Waals surface area contributed by atoms with Crippen molar-refractivity contribution in [2.75, 3.05) is 6.61 Å². The summed E-state index contributed by atoms with van der Waals surface area (Å²) in [7, 11) is 0. The number of carbonyl (C=O) groups is 2. The molecule has 132 valence electrons. The van der Waals surface area contributed by atoms with Crippen molar-refractivity contribution in [3.05, 3.63) is 57.0 Å². The zero-order chi connectivity index (χ0) is 17.8. The molecule has 0 spiro atoms. The van der Waals surface area contributed by atoms with Crippen molar-refractivity contribution in [3.8, 4) is 0 Å². The van der Waals surface area contributed by atoms with E-state index in [1.54, 1.807) is 12.1 Å². The van der Waals surface area contributed by atoms with Crippen molar-refractivity contribution in [2.45, 2.75) is 32.7 Å². The Balaban J connectivity index is 1.47. The Labute approximate surface area is 150 Å². The molecule has 1 aromatic heterocycles. The van der Waals surface area contributed by atoms with E-state index < -0.39 is 5.97 Å². The second kappa shape index (κ2) is 7.78. The lowest BCUT2D eigenvalue weighted by molar-refractivity contribution is -0.124. The number of aryl methyl sites for hydroxylation is 1. The Hall–Kier alpha value is -2.21. The predicted molar refractivity (Wildman–Crippen MR) is 94.0 cm³/mol. The first-order chi connectivity index (χ1) is 12.0. The molecule has 1 atom stereocenters. The fourth-order valence-electron chi connectivity index (χ4n) is 2.86. The number of hydrogen-bond acceptors (Lipinski definition) is 4. The molecule has 1 aromatic carbocycles. The van der Waals surface area contributed by atoms with Crippen LogP contribution in [0.4, 0.5) is 4.39 Å². The lowest BCUT2D eigenvalue weighted by Gasteiger charge is -2.16. The van der Waals surface area contributed by atoms with E-state index in [4.69, 9.17) is 4.74 Å². The lowest BCUT2D eigenvalue weighted by atomic mass is 9.90. The number of nitrogens with one attached hydrogen (secondary N) is 1. The Morgan fingerprint density at radius 1 is 1.32 bits per heavy atom. The van der Waals surface area contributed by atoms with Crippen LogP contribution in [0.5, 0.6) is 0 Å². The highest BCUT2D eigenvalue weighted by Crippen LogP contribution is 2.32. The van der Waals surface area contributed by atoms with Crippen LogP contribution in [0.3, 0.4) is 0 Å². The molecular formula is C19H20FNO3S. The summed E-state index contributed by atoms with van der Waals surface area (Å²) in [5.41, 5.74) is 2.01. The zero-order valence-electron chi connectivity index (χ0n) is 14.0. The Bertz CT molecular complexity index is 769.